The molecule has 2 aromatic heterocycles. The number of thiazole rings is 2. The molecule has 0 aliphatic rings. The summed E-state index contributed by atoms with van der Waals surface area (Å²) in [6.45, 7) is 0. The van der Waals surface area contributed by atoms with Gasteiger partial charge in [-0.2, -0.15) is 9.97 Å². The number of hydrogen-bond acceptors (Lipinski definition) is 4. The number of aromatic hydroxyl groups is 1. The fourth-order valence-corrected chi connectivity index (χ4v) is 6.94. The van der Waals surface area contributed by atoms with Crippen molar-refractivity contribution in [2.75, 3.05) is 0 Å². The van der Waals surface area contributed by atoms with Gasteiger partial charge < -0.3 is 10.2 Å². The van der Waals surface area contributed by atoms with Crippen LogP contribution in [0.5, 0.6) is 11.5 Å². The Labute approximate surface area is 248 Å². The molecule has 41 heavy (non-hydrogen) atoms. The van der Waals surface area contributed by atoms with E-state index in [0.29, 0.717) is 5.75 Å². The first-order valence-electron chi connectivity index (χ1n) is 12.9. The Morgan fingerprint density at radius 1 is 0.512 bits per heavy atom. The summed E-state index contributed by atoms with van der Waals surface area (Å²) in [5, 5.41) is 28.7. The number of para-hydroxylation sites is 2. The molecule has 0 aliphatic heterocycles. The molecule has 3 N–H and O–H groups in total. The van der Waals surface area contributed by atoms with Gasteiger partial charge in [0.25, 0.3) is 10.0 Å². The smallest absolute Gasteiger partial charge is 0.872 e. The molecule has 7 heteroatoms. The fourth-order valence-electron chi connectivity index (χ4n) is 4.89. The Morgan fingerprint density at radius 3 is 1.46 bits per heavy atom. The number of H-pyrrole nitrogens is 2. The van der Waals surface area contributed by atoms with E-state index in [1.807, 2.05) is 97.1 Å². The third-order valence-electron chi connectivity index (χ3n) is 6.90. The minimum Gasteiger partial charge on any atom is -0.872 e. The summed E-state index contributed by atoms with van der Waals surface area (Å²) in [4.78, 5) is 6.71. The molecule has 2 heterocycles. The molecule has 0 atom stereocenters. The first kappa shape index (κ1) is 26.6. The number of fused-ring (bicyclic) bond motifs is 4. The van der Waals surface area contributed by atoms with Gasteiger partial charge in [0.15, 0.2) is 0 Å². The number of aromatic nitrogens is 2. The van der Waals surface area contributed by atoms with E-state index in [9.17, 15) is 10.2 Å². The molecule has 8 rings (SSSR count). The van der Waals surface area contributed by atoms with Crippen molar-refractivity contribution in [1.82, 2.24) is 0 Å². The Kier molecular flexibility index (Phi) is 7.21. The first-order valence-corrected chi connectivity index (χ1v) is 14.5. The zero-order chi connectivity index (χ0) is 27.1. The average molecular weight is 565 g/mol. The number of aromatic amines is 2. The van der Waals surface area contributed by atoms with Crippen LogP contribution in [0, 0.1) is 0 Å². The van der Waals surface area contributed by atoms with Crippen LogP contribution in [0.3, 0.4) is 0 Å². The van der Waals surface area contributed by atoms with E-state index in [1.165, 1.54) is 4.70 Å². The van der Waals surface area contributed by atoms with Crippen molar-refractivity contribution in [3.8, 4) is 32.6 Å². The summed E-state index contributed by atoms with van der Waals surface area (Å²) >= 11 is 3.28. The van der Waals surface area contributed by atoms with Gasteiger partial charge in [-0.3, -0.25) is 0 Å². The van der Waals surface area contributed by atoms with Gasteiger partial charge in [-0.1, -0.05) is 107 Å². The number of nitrogens with one attached hydrogen (secondary N) is 2. The van der Waals surface area contributed by atoms with Crippen LogP contribution < -0.4 is 15.1 Å². The van der Waals surface area contributed by atoms with Gasteiger partial charge in [-0.05, 0) is 51.9 Å². The summed E-state index contributed by atoms with van der Waals surface area (Å²) in [6, 6.07) is 39.8. The van der Waals surface area contributed by atoms with E-state index in [4.69, 9.17) is 0 Å². The molecule has 0 aliphatic carbocycles. The molecule has 0 radical (unpaired) electrons. The third-order valence-corrected chi connectivity index (χ3v) is 9.10. The minimum atomic E-state index is 0. The van der Waals surface area contributed by atoms with Crippen molar-refractivity contribution >= 4 is 74.8 Å². The first-order chi connectivity index (χ1) is 19.6. The van der Waals surface area contributed by atoms with Crippen LogP contribution in [0.2, 0.25) is 0 Å². The molecular weight excluding hydrogens is 542 g/mol. The van der Waals surface area contributed by atoms with E-state index in [1.54, 1.807) is 28.7 Å². The van der Waals surface area contributed by atoms with Crippen molar-refractivity contribution in [3.63, 3.8) is 0 Å². The minimum absolute atomic E-state index is 0. The molecule has 6 aromatic carbocycles. The van der Waals surface area contributed by atoms with Crippen molar-refractivity contribution in [1.29, 1.82) is 0 Å². The quantitative estimate of drug-likeness (QED) is 0.221. The van der Waals surface area contributed by atoms with Crippen molar-refractivity contribution in [3.05, 3.63) is 121 Å². The molecule has 0 unspecified atom stereocenters. The van der Waals surface area contributed by atoms with Gasteiger partial charge in [-0.15, -0.1) is 0 Å². The van der Waals surface area contributed by atoms with E-state index in [0.717, 1.165) is 58.4 Å². The standard InChI is InChI=1S/2C17H11NOS.Be/c2*19-15-10-12-6-2-1-5-11(12)9-13(15)17-18-14-7-3-4-8-16(14)20-17;/h2*1-10,19H;/q;;+2/p+1. The molecule has 4 nitrogen and oxygen atoms in total. The average Bonchev–Trinajstić information content (AvgIpc) is 3.61. The Hall–Kier alpha value is -4.61. The predicted octanol–water partition coefficient (Wildman–Crippen LogP) is 7.47. The van der Waals surface area contributed by atoms with E-state index in [-0.39, 0.29) is 15.9 Å². The van der Waals surface area contributed by atoms with Gasteiger partial charge in [0.2, 0.25) is 11.0 Å². The summed E-state index contributed by atoms with van der Waals surface area (Å²) in [6.07, 6.45) is 0. The van der Waals surface area contributed by atoms with Crippen LogP contribution in [0.1, 0.15) is 0 Å². The third kappa shape index (κ3) is 5.17. The van der Waals surface area contributed by atoms with E-state index in [2.05, 4.69) is 28.2 Å². The SMILES string of the molecule is Oc1cc2ccccc2cc1-c1[nH+]c2ccccc2s1.[Be+2].[O-]c1cc2ccccc2cc1-c1[nH+]c2ccccc2s1. The zero-order valence-corrected chi connectivity index (χ0v) is 23.6. The number of phenols is 1. The summed E-state index contributed by atoms with van der Waals surface area (Å²) in [5.74, 6) is 0.373. The van der Waals surface area contributed by atoms with Crippen LogP contribution in [0.25, 0.3) is 63.1 Å². The van der Waals surface area contributed by atoms with Crippen LogP contribution in [0.4, 0.5) is 0 Å². The van der Waals surface area contributed by atoms with E-state index >= 15 is 0 Å². The van der Waals surface area contributed by atoms with Gasteiger partial charge >= 0.3 is 10.1 Å². The van der Waals surface area contributed by atoms with Crippen LogP contribution >= 0.6 is 22.7 Å². The molecule has 0 bridgehead atoms. The largest absolute Gasteiger partial charge is 2.00 e. The van der Waals surface area contributed by atoms with Gasteiger partial charge in [0.1, 0.15) is 15.1 Å². The van der Waals surface area contributed by atoms with Gasteiger partial charge in [0, 0.05) is 12.1 Å². The summed E-state index contributed by atoms with van der Waals surface area (Å²) in [7, 11) is 0. The maximum atomic E-state index is 12.3. The molecular formula is C34H23BeN2O2S2+3. The maximum absolute atomic E-state index is 12.3. The van der Waals surface area contributed by atoms with E-state index < -0.39 is 0 Å². The molecule has 192 valence electrons. The van der Waals surface area contributed by atoms with Gasteiger partial charge in [-0.25, -0.2) is 0 Å². The second kappa shape index (κ2) is 11.1. The molecule has 0 saturated heterocycles. The molecule has 0 amide bonds. The summed E-state index contributed by atoms with van der Waals surface area (Å²) < 4.78 is 2.35. The second-order valence-corrected chi connectivity index (χ2v) is 11.6. The van der Waals surface area contributed by atoms with Gasteiger partial charge in [0.05, 0.1) is 11.1 Å². The van der Waals surface area contributed by atoms with Crippen molar-refractivity contribution < 1.29 is 20.2 Å². The molecule has 0 spiro atoms. The number of rotatable bonds is 2. The molecule has 0 saturated carbocycles. The monoisotopic (exact) mass is 564 g/mol. The Morgan fingerprint density at radius 2 is 0.927 bits per heavy atom. The van der Waals surface area contributed by atoms with Crippen LogP contribution in [0.15, 0.2) is 121 Å². The Balaban J connectivity index is 0.000000144. The molecule has 0 fully saturated rings. The Bertz CT molecular complexity index is 1950. The number of benzene rings is 6. The number of hydrogen-bond donors (Lipinski definition) is 1. The second-order valence-electron chi connectivity index (χ2n) is 9.52. The maximum Gasteiger partial charge on any atom is 2.00 e. The summed E-state index contributed by atoms with van der Waals surface area (Å²) in [5.41, 5.74) is 3.76. The normalized spacial score (nSPS) is 10.9. The predicted molar refractivity (Wildman–Crippen MR) is 170 cm³/mol. The number of phenolic OH excluding ortho intramolecular Hbond substituents is 1. The van der Waals surface area contributed by atoms with Crippen molar-refractivity contribution in [2.45, 2.75) is 0 Å². The zero-order valence-electron chi connectivity index (χ0n) is 21.9. The van der Waals surface area contributed by atoms with Crippen LogP contribution in [-0.2, 0) is 0 Å². The molecule has 8 aromatic rings. The fraction of sp³-hybridized carbons (Fsp3) is 0. The van der Waals surface area contributed by atoms with Crippen LogP contribution in [-0.4, -0.2) is 15.2 Å². The topological polar surface area (TPSA) is 71.6 Å². The van der Waals surface area contributed by atoms with Crippen molar-refractivity contribution in [2.24, 2.45) is 0 Å².